The zero-order valence-corrected chi connectivity index (χ0v) is 32.1. The van der Waals surface area contributed by atoms with Crippen molar-refractivity contribution in [2.45, 2.75) is 82.1 Å². The molecule has 4 aliphatic rings. The standard InChI is InChI=1S/C42H47N5O7S/c1-45(2)27-8-6-26(7-9-27)40-43-35-13-11-30(25-37(35)55-40)54-32-22-31(23-32)53-28-16-19-46(20-17-28)18-4-3-5-21-52-29-10-12-33-34(24-29)42(51)47(41(33)50)36-14-15-38(48)44-39(36)49/h6-13,24-25,28,31-32,36H,3-5,14-23H2,1-2H3,(H,44,48,49)/t31-,32-,36?. The Bertz CT molecular complexity index is 2070. The molecule has 3 fully saturated rings. The molecular formula is C42H47N5O7S. The van der Waals surface area contributed by atoms with Crippen LogP contribution in [0.15, 0.2) is 60.7 Å². The third-order valence-corrected chi connectivity index (χ3v) is 12.1. The van der Waals surface area contributed by atoms with E-state index in [9.17, 15) is 19.2 Å². The van der Waals surface area contributed by atoms with Crippen LogP contribution in [0.5, 0.6) is 11.5 Å². The molecule has 0 radical (unpaired) electrons. The van der Waals surface area contributed by atoms with Crippen molar-refractivity contribution in [3.63, 3.8) is 0 Å². The van der Waals surface area contributed by atoms with Crippen LogP contribution in [0.2, 0.25) is 0 Å². The predicted molar refractivity (Wildman–Crippen MR) is 210 cm³/mol. The van der Waals surface area contributed by atoms with Crippen molar-refractivity contribution in [2.24, 2.45) is 0 Å². The highest BCUT2D eigenvalue weighted by Crippen LogP contribution is 2.36. The number of amides is 4. The first-order chi connectivity index (χ1) is 26.7. The number of imide groups is 2. The Morgan fingerprint density at radius 3 is 2.35 bits per heavy atom. The number of hydrogen-bond donors (Lipinski definition) is 1. The van der Waals surface area contributed by atoms with Gasteiger partial charge in [0.15, 0.2) is 0 Å². The first-order valence-electron chi connectivity index (χ1n) is 19.4. The minimum Gasteiger partial charge on any atom is -0.494 e. The van der Waals surface area contributed by atoms with Crippen LogP contribution in [0.3, 0.4) is 0 Å². The lowest BCUT2D eigenvalue weighted by Crippen LogP contribution is -2.54. The summed E-state index contributed by atoms with van der Waals surface area (Å²) in [5.41, 5.74) is 3.77. The van der Waals surface area contributed by atoms with Crippen molar-refractivity contribution in [1.29, 1.82) is 0 Å². The number of rotatable bonds is 14. The zero-order valence-electron chi connectivity index (χ0n) is 31.3. The molecule has 4 heterocycles. The highest BCUT2D eigenvalue weighted by atomic mass is 32.1. The largest absolute Gasteiger partial charge is 0.494 e. The number of likely N-dealkylation sites (tertiary alicyclic amines) is 1. The summed E-state index contributed by atoms with van der Waals surface area (Å²) in [5, 5.41) is 3.23. The third-order valence-electron chi connectivity index (χ3n) is 11.1. The first-order valence-corrected chi connectivity index (χ1v) is 20.2. The molecule has 1 aromatic heterocycles. The SMILES string of the molecule is CN(C)c1ccc(-c2nc3ccc(O[C@H]4C[C@H](OC5CCN(CCCCCOc6ccc7c(c6)C(=O)N(C6CCC(=O)NC6=O)C7=O)CC5)C4)cc3s2)cc1. The minimum atomic E-state index is -0.978. The Morgan fingerprint density at radius 1 is 0.818 bits per heavy atom. The van der Waals surface area contributed by atoms with E-state index in [1.165, 1.54) is 5.69 Å². The Morgan fingerprint density at radius 2 is 1.58 bits per heavy atom. The second-order valence-electron chi connectivity index (χ2n) is 15.2. The smallest absolute Gasteiger partial charge is 0.262 e. The van der Waals surface area contributed by atoms with Gasteiger partial charge in [0.1, 0.15) is 28.7 Å². The van der Waals surface area contributed by atoms with Crippen LogP contribution in [-0.4, -0.2) is 103 Å². The topological polar surface area (TPSA) is 131 Å². The summed E-state index contributed by atoms with van der Waals surface area (Å²) in [4.78, 5) is 60.2. The number of hydrogen-bond acceptors (Lipinski definition) is 11. The highest BCUT2D eigenvalue weighted by molar-refractivity contribution is 7.21. The molecular weight excluding hydrogens is 719 g/mol. The van der Waals surface area contributed by atoms with Crippen LogP contribution in [0.25, 0.3) is 20.8 Å². The van der Waals surface area contributed by atoms with E-state index in [1.54, 1.807) is 29.5 Å². The number of piperidine rings is 2. The van der Waals surface area contributed by atoms with Gasteiger partial charge >= 0.3 is 0 Å². The van der Waals surface area contributed by atoms with E-state index in [2.05, 4.69) is 51.5 Å². The number of carbonyl (C=O) groups excluding carboxylic acids is 4. The van der Waals surface area contributed by atoms with Crippen LogP contribution < -0.4 is 19.7 Å². The van der Waals surface area contributed by atoms with Crippen molar-refractivity contribution >= 4 is 50.9 Å². The summed E-state index contributed by atoms with van der Waals surface area (Å²) in [6.07, 6.45) is 7.89. The number of fused-ring (bicyclic) bond motifs is 2. The average molecular weight is 766 g/mol. The van der Waals surface area contributed by atoms with E-state index in [1.807, 2.05) is 20.2 Å². The Kier molecular flexibility index (Phi) is 10.9. The zero-order chi connectivity index (χ0) is 38.1. The number of carbonyl (C=O) groups is 4. The maximum atomic E-state index is 13.1. The Labute approximate surface area is 324 Å². The minimum absolute atomic E-state index is 0.0895. The summed E-state index contributed by atoms with van der Waals surface area (Å²) in [5.74, 6) is -0.644. The van der Waals surface area contributed by atoms with Gasteiger partial charge in [-0.15, -0.1) is 11.3 Å². The molecule has 1 aliphatic carbocycles. The van der Waals surface area contributed by atoms with Crippen LogP contribution >= 0.6 is 11.3 Å². The number of nitrogens with zero attached hydrogens (tertiary/aromatic N) is 4. The molecule has 3 aromatic carbocycles. The molecule has 8 rings (SSSR count). The lowest BCUT2D eigenvalue weighted by Gasteiger charge is -2.40. The van der Waals surface area contributed by atoms with Gasteiger partial charge < -0.3 is 24.0 Å². The summed E-state index contributed by atoms with van der Waals surface area (Å²) in [6.45, 7) is 3.64. The molecule has 4 aromatic rings. The van der Waals surface area contributed by atoms with Crippen molar-refractivity contribution in [1.82, 2.24) is 20.1 Å². The second-order valence-corrected chi connectivity index (χ2v) is 16.2. The Hall–Kier alpha value is -4.85. The molecule has 2 saturated heterocycles. The summed E-state index contributed by atoms with van der Waals surface area (Å²) in [7, 11) is 4.09. The highest BCUT2D eigenvalue weighted by Gasteiger charge is 2.44. The summed E-state index contributed by atoms with van der Waals surface area (Å²) < 4.78 is 19.9. The fourth-order valence-electron chi connectivity index (χ4n) is 7.81. The molecule has 1 saturated carbocycles. The second kappa shape index (κ2) is 16.1. The monoisotopic (exact) mass is 765 g/mol. The molecule has 12 nitrogen and oxygen atoms in total. The van der Waals surface area contributed by atoms with Gasteiger partial charge in [-0.25, -0.2) is 4.98 Å². The van der Waals surface area contributed by atoms with Crippen molar-refractivity contribution < 1.29 is 33.4 Å². The van der Waals surface area contributed by atoms with Gasteiger partial charge in [0, 0.05) is 57.7 Å². The molecule has 0 bridgehead atoms. The maximum absolute atomic E-state index is 13.1. The van der Waals surface area contributed by atoms with E-state index < -0.39 is 29.7 Å². The molecule has 1 atom stereocenters. The fraction of sp³-hybridized carbons (Fsp3) is 0.452. The predicted octanol–water partition coefficient (Wildman–Crippen LogP) is 6.07. The average Bonchev–Trinajstić information content (AvgIpc) is 3.70. The number of ether oxygens (including phenoxy) is 3. The fourth-order valence-corrected chi connectivity index (χ4v) is 8.81. The lowest BCUT2D eigenvalue weighted by molar-refractivity contribution is -0.136. The maximum Gasteiger partial charge on any atom is 0.262 e. The normalized spacial score (nSPS) is 21.8. The summed E-state index contributed by atoms with van der Waals surface area (Å²) >= 11 is 1.70. The van der Waals surface area contributed by atoms with Gasteiger partial charge in [-0.1, -0.05) is 0 Å². The van der Waals surface area contributed by atoms with Gasteiger partial charge in [-0.2, -0.15) is 0 Å². The van der Waals surface area contributed by atoms with Crippen LogP contribution in [-0.2, 0) is 14.3 Å². The van der Waals surface area contributed by atoms with Crippen LogP contribution in [0.1, 0.15) is 78.5 Å². The van der Waals surface area contributed by atoms with E-state index in [0.29, 0.717) is 18.5 Å². The van der Waals surface area contributed by atoms with Crippen molar-refractivity contribution in [2.75, 3.05) is 45.2 Å². The quantitative estimate of drug-likeness (QED) is 0.119. The van der Waals surface area contributed by atoms with Gasteiger partial charge in [-0.3, -0.25) is 29.4 Å². The van der Waals surface area contributed by atoms with E-state index >= 15 is 0 Å². The van der Waals surface area contributed by atoms with Crippen molar-refractivity contribution in [3.8, 4) is 22.1 Å². The molecule has 1 unspecified atom stereocenters. The number of anilines is 1. The van der Waals surface area contributed by atoms with Gasteiger partial charge in [0.25, 0.3) is 11.8 Å². The van der Waals surface area contributed by atoms with Crippen LogP contribution in [0.4, 0.5) is 5.69 Å². The Balaban J connectivity index is 0.697. The number of thiazole rings is 1. The molecule has 13 heteroatoms. The molecule has 1 N–H and O–H groups in total. The number of aromatic nitrogens is 1. The molecule has 288 valence electrons. The molecule has 4 amide bonds. The lowest BCUT2D eigenvalue weighted by atomic mass is 9.91. The number of nitrogens with one attached hydrogen (secondary N) is 1. The number of benzene rings is 3. The molecule has 55 heavy (non-hydrogen) atoms. The van der Waals surface area contributed by atoms with Gasteiger partial charge in [-0.05, 0) is 106 Å². The molecule has 3 aliphatic heterocycles. The van der Waals surface area contributed by atoms with Crippen molar-refractivity contribution in [3.05, 3.63) is 71.8 Å². The molecule has 0 spiro atoms. The third kappa shape index (κ3) is 8.24. The van der Waals surface area contributed by atoms with Gasteiger partial charge in [0.2, 0.25) is 11.8 Å². The summed E-state index contributed by atoms with van der Waals surface area (Å²) in [6, 6.07) is 18.6. The van der Waals surface area contributed by atoms with E-state index in [-0.39, 0.29) is 36.2 Å². The number of unbranched alkanes of at least 4 members (excludes halogenated alkanes) is 2. The van der Waals surface area contributed by atoms with Crippen LogP contribution in [0, 0.1) is 0 Å². The first kappa shape index (κ1) is 37.1. The van der Waals surface area contributed by atoms with Gasteiger partial charge in [0.05, 0.1) is 40.2 Å². The van der Waals surface area contributed by atoms with E-state index in [4.69, 9.17) is 19.2 Å². The van der Waals surface area contributed by atoms with E-state index in [0.717, 1.165) is 96.0 Å².